The van der Waals surface area contributed by atoms with E-state index in [2.05, 4.69) is 43.4 Å². The van der Waals surface area contributed by atoms with Crippen LogP contribution in [0.1, 0.15) is 65.1 Å². The number of rotatable bonds is 1. The second-order valence-electron chi connectivity index (χ2n) is 7.17. The number of nitrogens with one attached hydrogen (secondary N) is 1. The zero-order valence-corrected chi connectivity index (χ0v) is 13.7. The fraction of sp³-hybridized carbons (Fsp3) is 0.400. The van der Waals surface area contributed by atoms with Gasteiger partial charge in [-0.3, -0.25) is 0 Å². The molecule has 114 valence electrons. The molecule has 0 amide bonds. The van der Waals surface area contributed by atoms with E-state index in [1.807, 2.05) is 13.8 Å². The molecule has 2 aliphatic rings. The fourth-order valence-electron chi connectivity index (χ4n) is 4.16. The van der Waals surface area contributed by atoms with Crippen LogP contribution in [0.5, 0.6) is 5.75 Å². The maximum absolute atomic E-state index is 10.2. The molecule has 22 heavy (non-hydrogen) atoms. The van der Waals surface area contributed by atoms with Crippen molar-refractivity contribution in [3.63, 3.8) is 0 Å². The van der Waals surface area contributed by atoms with Crippen LogP contribution in [0, 0.1) is 13.8 Å². The van der Waals surface area contributed by atoms with Crippen LogP contribution in [0.2, 0.25) is 0 Å². The van der Waals surface area contributed by atoms with Crippen LogP contribution in [-0.2, 0) is 6.42 Å². The average molecular weight is 293 g/mol. The zero-order valence-electron chi connectivity index (χ0n) is 13.7. The van der Waals surface area contributed by atoms with Gasteiger partial charge in [-0.2, -0.15) is 0 Å². The zero-order chi connectivity index (χ0) is 15.6. The Hall–Kier alpha value is -1.96. The quantitative estimate of drug-likeness (QED) is 0.780. The molecule has 1 aliphatic heterocycles. The van der Waals surface area contributed by atoms with E-state index in [9.17, 15) is 5.11 Å². The van der Waals surface area contributed by atoms with Crippen molar-refractivity contribution in [1.29, 1.82) is 0 Å². The molecule has 2 aromatic carbocycles. The number of benzene rings is 2. The van der Waals surface area contributed by atoms with E-state index in [-0.39, 0.29) is 0 Å². The monoisotopic (exact) mass is 293 g/mol. The van der Waals surface area contributed by atoms with Crippen LogP contribution in [-0.4, -0.2) is 5.11 Å². The summed E-state index contributed by atoms with van der Waals surface area (Å²) in [4.78, 5) is 0. The number of hydrogen-bond donors (Lipinski definition) is 2. The highest BCUT2D eigenvalue weighted by Crippen LogP contribution is 2.53. The number of hydrogen-bond acceptors (Lipinski definition) is 2. The Morgan fingerprint density at radius 2 is 1.91 bits per heavy atom. The van der Waals surface area contributed by atoms with E-state index in [0.29, 0.717) is 23.6 Å². The normalized spacial score (nSPS) is 21.5. The van der Waals surface area contributed by atoms with E-state index in [1.54, 1.807) is 0 Å². The Kier molecular flexibility index (Phi) is 2.81. The van der Waals surface area contributed by atoms with Gasteiger partial charge in [0, 0.05) is 11.6 Å². The third-order valence-electron chi connectivity index (χ3n) is 5.52. The second-order valence-corrected chi connectivity index (χ2v) is 7.17. The molecule has 0 saturated heterocycles. The minimum atomic E-state index is 0.366. The number of aryl methyl sites for hydroxylation is 1. The van der Waals surface area contributed by atoms with Gasteiger partial charge in [0.05, 0.1) is 6.04 Å². The lowest BCUT2D eigenvalue weighted by molar-refractivity contribution is 0.466. The van der Waals surface area contributed by atoms with E-state index in [4.69, 9.17) is 0 Å². The number of fused-ring (bicyclic) bond motifs is 5. The maximum atomic E-state index is 10.2. The van der Waals surface area contributed by atoms with E-state index >= 15 is 0 Å². The minimum Gasteiger partial charge on any atom is -0.507 e. The lowest BCUT2D eigenvalue weighted by atomic mass is 9.92. The molecule has 0 saturated carbocycles. The molecular weight excluding hydrogens is 270 g/mol. The average Bonchev–Trinajstić information content (AvgIpc) is 3.01. The highest BCUT2D eigenvalue weighted by atomic mass is 16.3. The first-order valence-electron chi connectivity index (χ1n) is 8.19. The van der Waals surface area contributed by atoms with Gasteiger partial charge in [0.25, 0.3) is 0 Å². The van der Waals surface area contributed by atoms with Gasteiger partial charge >= 0.3 is 0 Å². The molecule has 2 nitrogen and oxygen atoms in total. The summed E-state index contributed by atoms with van der Waals surface area (Å²) in [5, 5.41) is 13.9. The third kappa shape index (κ3) is 1.73. The number of anilines is 1. The molecule has 0 spiro atoms. The maximum Gasteiger partial charge on any atom is 0.121 e. The van der Waals surface area contributed by atoms with Crippen LogP contribution in [0.25, 0.3) is 0 Å². The number of phenols is 1. The highest BCUT2D eigenvalue weighted by molar-refractivity contribution is 5.67. The molecule has 1 heterocycles. The SMILES string of the molecule is Cc1cc2c(c(C)c1O)C[C@H]1c3cc(C(C)C)ccc3N[C@@H]21. The Morgan fingerprint density at radius 3 is 2.64 bits per heavy atom. The Balaban J connectivity index is 1.81. The van der Waals surface area contributed by atoms with Gasteiger partial charge in [-0.05, 0) is 65.6 Å². The van der Waals surface area contributed by atoms with Gasteiger partial charge in [-0.15, -0.1) is 0 Å². The lowest BCUT2D eigenvalue weighted by Gasteiger charge is -2.14. The lowest BCUT2D eigenvalue weighted by Crippen LogP contribution is -2.05. The molecule has 2 atom stereocenters. The van der Waals surface area contributed by atoms with Gasteiger partial charge in [0.15, 0.2) is 0 Å². The first kappa shape index (κ1) is 13.7. The molecule has 0 aromatic heterocycles. The van der Waals surface area contributed by atoms with Crippen molar-refractivity contribution in [3.05, 3.63) is 57.6 Å². The van der Waals surface area contributed by atoms with Crippen molar-refractivity contribution in [1.82, 2.24) is 0 Å². The van der Waals surface area contributed by atoms with Crippen molar-refractivity contribution in [2.75, 3.05) is 5.32 Å². The van der Waals surface area contributed by atoms with Crippen LogP contribution in [0.4, 0.5) is 5.69 Å². The summed E-state index contributed by atoms with van der Waals surface area (Å²) in [6.07, 6.45) is 1.03. The minimum absolute atomic E-state index is 0.366. The van der Waals surface area contributed by atoms with Crippen LogP contribution < -0.4 is 5.32 Å². The smallest absolute Gasteiger partial charge is 0.121 e. The molecular formula is C20H23NO. The fourth-order valence-corrected chi connectivity index (χ4v) is 4.16. The van der Waals surface area contributed by atoms with Gasteiger partial charge < -0.3 is 10.4 Å². The predicted octanol–water partition coefficient (Wildman–Crippen LogP) is 4.94. The molecule has 0 radical (unpaired) electrons. The van der Waals surface area contributed by atoms with Gasteiger partial charge in [-0.25, -0.2) is 0 Å². The van der Waals surface area contributed by atoms with Crippen molar-refractivity contribution in [3.8, 4) is 5.75 Å². The molecule has 0 unspecified atom stereocenters. The Morgan fingerprint density at radius 1 is 1.14 bits per heavy atom. The number of aromatic hydroxyl groups is 1. The topological polar surface area (TPSA) is 32.3 Å². The molecule has 2 heteroatoms. The van der Waals surface area contributed by atoms with E-state index in [1.165, 1.54) is 27.9 Å². The summed E-state index contributed by atoms with van der Waals surface area (Å²) in [6.45, 7) is 8.54. The van der Waals surface area contributed by atoms with Crippen molar-refractivity contribution in [2.45, 2.75) is 52.0 Å². The summed E-state index contributed by atoms with van der Waals surface area (Å²) >= 11 is 0. The van der Waals surface area contributed by atoms with Crippen molar-refractivity contribution < 1.29 is 5.11 Å². The standard InChI is InChI=1S/C20H23NO/c1-10(2)13-5-6-18-15(8-13)17-9-14-12(4)20(22)11(3)7-16(14)19(17)21-18/h5-8,10,17,19,21-22H,9H2,1-4H3/t17-,19-/m0/s1. The van der Waals surface area contributed by atoms with E-state index in [0.717, 1.165) is 17.5 Å². The van der Waals surface area contributed by atoms with Crippen LogP contribution in [0.3, 0.4) is 0 Å². The molecule has 0 fully saturated rings. The van der Waals surface area contributed by atoms with Crippen molar-refractivity contribution in [2.24, 2.45) is 0 Å². The number of phenolic OH excluding ortho intramolecular Hbond substituents is 1. The van der Waals surface area contributed by atoms with Gasteiger partial charge in [-0.1, -0.05) is 32.0 Å². The molecule has 2 aromatic rings. The summed E-state index contributed by atoms with van der Waals surface area (Å²) in [6, 6.07) is 9.40. The second kappa shape index (κ2) is 4.52. The first-order chi connectivity index (χ1) is 10.5. The van der Waals surface area contributed by atoms with Crippen LogP contribution >= 0.6 is 0 Å². The largest absolute Gasteiger partial charge is 0.507 e. The third-order valence-corrected chi connectivity index (χ3v) is 5.52. The summed E-state index contributed by atoms with van der Waals surface area (Å²) in [5.74, 6) is 1.53. The predicted molar refractivity (Wildman–Crippen MR) is 90.9 cm³/mol. The molecule has 0 bridgehead atoms. The summed E-state index contributed by atoms with van der Waals surface area (Å²) in [7, 11) is 0. The highest BCUT2D eigenvalue weighted by Gasteiger charge is 2.41. The van der Waals surface area contributed by atoms with Gasteiger partial charge in [0.2, 0.25) is 0 Å². The van der Waals surface area contributed by atoms with Crippen molar-refractivity contribution >= 4 is 5.69 Å². The Bertz CT molecular complexity index is 776. The van der Waals surface area contributed by atoms with Gasteiger partial charge in [0.1, 0.15) is 5.75 Å². The van der Waals surface area contributed by atoms with Crippen LogP contribution in [0.15, 0.2) is 24.3 Å². The first-order valence-corrected chi connectivity index (χ1v) is 8.19. The molecule has 2 N–H and O–H groups in total. The summed E-state index contributed by atoms with van der Waals surface area (Å²) < 4.78 is 0. The molecule has 1 aliphatic carbocycles. The Labute approximate surface area is 132 Å². The van der Waals surface area contributed by atoms with E-state index < -0.39 is 0 Å². The summed E-state index contributed by atoms with van der Waals surface area (Å²) in [5.41, 5.74) is 8.90. The molecule has 4 rings (SSSR count).